The van der Waals surface area contributed by atoms with Crippen molar-refractivity contribution in [1.29, 1.82) is 0 Å². The molecule has 3 rings (SSSR count). The molecule has 1 saturated heterocycles. The molecule has 29 heavy (non-hydrogen) atoms. The number of benzene rings is 2. The van der Waals surface area contributed by atoms with Crippen LogP contribution in [-0.2, 0) is 21.2 Å². The average molecular weight is 420 g/mol. The summed E-state index contributed by atoms with van der Waals surface area (Å²) in [6.07, 6.45) is 0.401. The van der Waals surface area contributed by atoms with Crippen LogP contribution >= 0.6 is 0 Å². The highest BCUT2D eigenvalue weighted by molar-refractivity contribution is 7.91. The summed E-state index contributed by atoms with van der Waals surface area (Å²) in [6.45, 7) is 5.90. The van der Waals surface area contributed by atoms with Crippen molar-refractivity contribution in [2.75, 3.05) is 18.1 Å². The van der Waals surface area contributed by atoms with Gasteiger partial charge in [0.2, 0.25) is 0 Å². The number of rotatable bonds is 6. The third-order valence-corrected chi connectivity index (χ3v) is 6.93. The topological polar surface area (TPSA) is 63.7 Å². The van der Waals surface area contributed by atoms with Crippen LogP contribution in [0.5, 0.6) is 5.75 Å². The van der Waals surface area contributed by atoms with Crippen molar-refractivity contribution in [2.24, 2.45) is 0 Å². The largest absolute Gasteiger partial charge is 0.483 e. The highest BCUT2D eigenvalue weighted by Crippen LogP contribution is 2.25. The Morgan fingerprint density at radius 2 is 1.76 bits per heavy atom. The van der Waals surface area contributed by atoms with Gasteiger partial charge in [-0.3, -0.25) is 4.79 Å². The van der Waals surface area contributed by atoms with Crippen LogP contribution in [0.15, 0.2) is 36.4 Å². The molecule has 1 aliphatic rings. The minimum absolute atomic E-state index is 0.0531. The first-order valence-electron chi connectivity index (χ1n) is 9.59. The van der Waals surface area contributed by atoms with Gasteiger partial charge in [0.1, 0.15) is 11.6 Å². The second-order valence-electron chi connectivity index (χ2n) is 7.72. The first kappa shape index (κ1) is 21.3. The summed E-state index contributed by atoms with van der Waals surface area (Å²) in [6, 6.07) is 9.46. The summed E-state index contributed by atoms with van der Waals surface area (Å²) in [5, 5.41) is 0. The summed E-state index contributed by atoms with van der Waals surface area (Å²) < 4.78 is 42.9. The first-order chi connectivity index (χ1) is 13.6. The molecule has 0 aromatic heterocycles. The summed E-state index contributed by atoms with van der Waals surface area (Å²) in [7, 11) is -3.15. The van der Waals surface area contributed by atoms with Gasteiger partial charge in [-0.25, -0.2) is 12.8 Å². The van der Waals surface area contributed by atoms with Crippen molar-refractivity contribution in [3.05, 3.63) is 64.5 Å². The predicted molar refractivity (Wildman–Crippen MR) is 110 cm³/mol. The van der Waals surface area contributed by atoms with Gasteiger partial charge < -0.3 is 9.64 Å². The van der Waals surface area contributed by atoms with E-state index < -0.39 is 15.9 Å². The van der Waals surface area contributed by atoms with Gasteiger partial charge >= 0.3 is 0 Å². The van der Waals surface area contributed by atoms with Gasteiger partial charge in [-0.15, -0.1) is 0 Å². The molecule has 5 nitrogen and oxygen atoms in total. The Morgan fingerprint density at radius 1 is 1.14 bits per heavy atom. The number of ether oxygens (including phenoxy) is 1. The van der Waals surface area contributed by atoms with E-state index in [0.29, 0.717) is 12.2 Å². The zero-order valence-corrected chi connectivity index (χ0v) is 17.8. The van der Waals surface area contributed by atoms with Crippen LogP contribution in [0.1, 0.15) is 28.7 Å². The number of nitrogens with zero attached hydrogens (tertiary/aromatic N) is 1. The number of sulfone groups is 1. The van der Waals surface area contributed by atoms with E-state index in [9.17, 15) is 17.6 Å². The lowest BCUT2D eigenvalue weighted by Crippen LogP contribution is -2.43. The fraction of sp³-hybridized carbons (Fsp3) is 0.409. The van der Waals surface area contributed by atoms with Crippen LogP contribution < -0.4 is 4.74 Å². The fourth-order valence-corrected chi connectivity index (χ4v) is 5.57. The van der Waals surface area contributed by atoms with Crippen molar-refractivity contribution in [1.82, 2.24) is 4.90 Å². The molecule has 1 atom stereocenters. The number of amides is 1. The van der Waals surface area contributed by atoms with E-state index in [0.717, 1.165) is 22.3 Å². The summed E-state index contributed by atoms with van der Waals surface area (Å²) in [5.74, 6) is 0.0500. The number of hydrogen-bond donors (Lipinski definition) is 0. The Hall–Kier alpha value is -2.41. The zero-order chi connectivity index (χ0) is 21.2. The van der Waals surface area contributed by atoms with Crippen molar-refractivity contribution >= 4 is 15.7 Å². The van der Waals surface area contributed by atoms with Crippen LogP contribution in [0.4, 0.5) is 4.39 Å². The van der Waals surface area contributed by atoms with Crippen LogP contribution in [-0.4, -0.2) is 43.4 Å². The lowest BCUT2D eigenvalue weighted by molar-refractivity contribution is -0.136. The number of aryl methyl sites for hydroxylation is 3. The molecule has 1 fully saturated rings. The van der Waals surface area contributed by atoms with Gasteiger partial charge in [0.15, 0.2) is 16.4 Å². The smallest absolute Gasteiger partial charge is 0.261 e. The second-order valence-corrected chi connectivity index (χ2v) is 9.95. The van der Waals surface area contributed by atoms with Gasteiger partial charge in [0, 0.05) is 12.6 Å². The standard InChI is InChI=1S/C22H26FNO4S/c1-15-10-16(2)22(17(3)11-15)28-13-21(25)24(20-8-9-29(26,27)14-20)12-18-4-6-19(23)7-5-18/h4-7,10-11,20H,8-9,12-14H2,1-3H3. The van der Waals surface area contributed by atoms with Crippen LogP contribution in [0.2, 0.25) is 0 Å². The van der Waals surface area contributed by atoms with Gasteiger partial charge in [-0.1, -0.05) is 29.8 Å². The normalized spacial score (nSPS) is 17.9. The molecule has 1 aliphatic heterocycles. The molecule has 0 spiro atoms. The predicted octanol–water partition coefficient (Wildman–Crippen LogP) is 3.35. The van der Waals surface area contributed by atoms with Crippen LogP contribution in [0.25, 0.3) is 0 Å². The number of carbonyl (C=O) groups excluding carboxylic acids is 1. The minimum Gasteiger partial charge on any atom is -0.483 e. The molecular formula is C22H26FNO4S. The van der Waals surface area contributed by atoms with E-state index in [-0.39, 0.29) is 36.4 Å². The zero-order valence-electron chi connectivity index (χ0n) is 16.9. The van der Waals surface area contributed by atoms with Crippen LogP contribution in [0, 0.1) is 26.6 Å². The molecule has 0 radical (unpaired) electrons. The molecule has 1 amide bonds. The summed E-state index contributed by atoms with van der Waals surface area (Å²) in [5.41, 5.74) is 3.76. The van der Waals surface area contributed by atoms with Gasteiger partial charge in [0.05, 0.1) is 11.5 Å². The van der Waals surface area contributed by atoms with E-state index in [1.54, 1.807) is 17.0 Å². The molecule has 0 aliphatic carbocycles. The lowest BCUT2D eigenvalue weighted by atomic mass is 10.1. The quantitative estimate of drug-likeness (QED) is 0.720. The highest BCUT2D eigenvalue weighted by Gasteiger charge is 2.34. The van der Waals surface area contributed by atoms with Gasteiger partial charge in [-0.05, 0) is 56.0 Å². The Balaban J connectivity index is 1.78. The van der Waals surface area contributed by atoms with Crippen molar-refractivity contribution in [3.63, 3.8) is 0 Å². The van der Waals surface area contributed by atoms with Gasteiger partial charge in [-0.2, -0.15) is 0 Å². The Bertz CT molecular complexity index is 979. The Labute approximate surface area is 171 Å². The summed E-state index contributed by atoms with van der Waals surface area (Å²) >= 11 is 0. The molecule has 2 aromatic carbocycles. The van der Waals surface area contributed by atoms with E-state index >= 15 is 0 Å². The van der Waals surface area contributed by atoms with Crippen molar-refractivity contribution < 1.29 is 22.3 Å². The maximum Gasteiger partial charge on any atom is 0.261 e. The Kier molecular flexibility index (Phi) is 6.27. The molecular weight excluding hydrogens is 393 g/mol. The average Bonchev–Trinajstić information content (AvgIpc) is 2.99. The summed E-state index contributed by atoms with van der Waals surface area (Å²) in [4.78, 5) is 14.6. The molecule has 0 bridgehead atoms. The molecule has 7 heteroatoms. The molecule has 156 valence electrons. The number of hydrogen-bond acceptors (Lipinski definition) is 4. The number of carbonyl (C=O) groups is 1. The van der Waals surface area contributed by atoms with Crippen molar-refractivity contribution in [3.8, 4) is 5.75 Å². The second kappa shape index (κ2) is 8.53. The molecule has 0 saturated carbocycles. The Morgan fingerprint density at radius 3 is 2.31 bits per heavy atom. The lowest BCUT2D eigenvalue weighted by Gasteiger charge is -2.28. The minimum atomic E-state index is -3.15. The molecule has 0 N–H and O–H groups in total. The SMILES string of the molecule is Cc1cc(C)c(OCC(=O)N(Cc2ccc(F)cc2)C2CCS(=O)(=O)C2)c(C)c1. The van der Waals surface area contributed by atoms with E-state index in [1.807, 2.05) is 32.9 Å². The molecule has 1 heterocycles. The maximum atomic E-state index is 13.2. The first-order valence-corrected chi connectivity index (χ1v) is 11.4. The maximum absolute atomic E-state index is 13.2. The molecule has 2 aromatic rings. The highest BCUT2D eigenvalue weighted by atomic mass is 32.2. The number of halogens is 1. The van der Waals surface area contributed by atoms with E-state index in [4.69, 9.17) is 4.74 Å². The van der Waals surface area contributed by atoms with Crippen molar-refractivity contribution in [2.45, 2.75) is 39.8 Å². The van der Waals surface area contributed by atoms with Crippen LogP contribution in [0.3, 0.4) is 0 Å². The monoisotopic (exact) mass is 419 g/mol. The van der Waals surface area contributed by atoms with E-state index in [1.165, 1.54) is 12.1 Å². The third kappa shape index (κ3) is 5.35. The third-order valence-electron chi connectivity index (χ3n) is 5.18. The fourth-order valence-electron chi connectivity index (χ4n) is 3.84. The van der Waals surface area contributed by atoms with Gasteiger partial charge in [0.25, 0.3) is 5.91 Å². The molecule has 1 unspecified atom stereocenters. The van der Waals surface area contributed by atoms with E-state index in [2.05, 4.69) is 0 Å².